The molecule has 0 radical (unpaired) electrons. The Labute approximate surface area is 178 Å². The second-order valence-electron chi connectivity index (χ2n) is 7.57. The number of aromatic nitrogens is 1. The van der Waals surface area contributed by atoms with Crippen LogP contribution in [-0.4, -0.2) is 17.1 Å². The summed E-state index contributed by atoms with van der Waals surface area (Å²) in [4.78, 5) is 0. The molecular formula is C23H18F2N2O3S. The van der Waals surface area contributed by atoms with E-state index in [1.165, 1.54) is 31.3 Å². The standard InChI is InChI=1S/C23H18F2N2O3S/c1-15-7-9-23(2,22(25)11-15)31(28,29)27-10-8-16-12-19(4-6-21(16)27)30-18-3-5-20(24)17(13-18)14-26/h3-8,10-13H,9H2,1-2H3. The average Bonchev–Trinajstić information content (AvgIpc) is 3.16. The number of nitrogens with zero attached hydrogens (tertiary/aromatic N) is 2. The van der Waals surface area contributed by atoms with Crippen molar-refractivity contribution in [3.63, 3.8) is 0 Å². The number of benzene rings is 2. The number of rotatable bonds is 4. The molecule has 8 heteroatoms. The van der Waals surface area contributed by atoms with Gasteiger partial charge in [0.1, 0.15) is 34.0 Å². The third kappa shape index (κ3) is 3.41. The Morgan fingerprint density at radius 3 is 2.55 bits per heavy atom. The quantitative estimate of drug-likeness (QED) is 0.531. The van der Waals surface area contributed by atoms with Crippen LogP contribution in [-0.2, 0) is 10.0 Å². The molecule has 2 aromatic carbocycles. The molecule has 1 aliphatic rings. The number of hydrogen-bond acceptors (Lipinski definition) is 4. The molecule has 0 aliphatic heterocycles. The molecule has 0 saturated heterocycles. The second-order valence-corrected chi connectivity index (χ2v) is 9.81. The van der Waals surface area contributed by atoms with E-state index in [0.717, 1.165) is 10.0 Å². The third-order valence-corrected chi connectivity index (χ3v) is 7.76. The number of ether oxygens (including phenoxy) is 1. The second kappa shape index (κ2) is 7.36. The van der Waals surface area contributed by atoms with Gasteiger partial charge in [-0.25, -0.2) is 21.2 Å². The Balaban J connectivity index is 1.70. The first-order valence-corrected chi connectivity index (χ1v) is 10.9. The molecule has 0 N–H and O–H groups in total. The summed E-state index contributed by atoms with van der Waals surface area (Å²) < 4.78 is 60.0. The Morgan fingerprint density at radius 1 is 1.13 bits per heavy atom. The van der Waals surface area contributed by atoms with Gasteiger partial charge in [-0.05, 0) is 62.7 Å². The third-order valence-electron chi connectivity index (χ3n) is 5.42. The molecule has 3 aromatic rings. The molecular weight excluding hydrogens is 422 g/mol. The summed E-state index contributed by atoms with van der Waals surface area (Å²) in [7, 11) is -4.09. The minimum absolute atomic E-state index is 0.0379. The summed E-state index contributed by atoms with van der Waals surface area (Å²) in [6.45, 7) is 3.10. The fourth-order valence-corrected chi connectivity index (χ4v) is 5.15. The van der Waals surface area contributed by atoms with Gasteiger partial charge < -0.3 is 4.74 Å². The van der Waals surface area contributed by atoms with Crippen LogP contribution >= 0.6 is 0 Å². The molecule has 158 valence electrons. The summed E-state index contributed by atoms with van der Waals surface area (Å²) in [5, 5.41) is 9.52. The Bertz CT molecular complexity index is 1410. The highest BCUT2D eigenvalue weighted by Gasteiger charge is 2.45. The van der Waals surface area contributed by atoms with Crippen LogP contribution in [0.4, 0.5) is 8.78 Å². The van der Waals surface area contributed by atoms with Gasteiger partial charge in [0.15, 0.2) is 0 Å². The van der Waals surface area contributed by atoms with E-state index in [4.69, 9.17) is 10.00 Å². The van der Waals surface area contributed by atoms with Crippen LogP contribution in [0.5, 0.6) is 11.5 Å². The lowest BCUT2D eigenvalue weighted by atomic mass is 9.97. The molecule has 0 saturated carbocycles. The first-order chi connectivity index (χ1) is 14.7. The summed E-state index contributed by atoms with van der Waals surface area (Å²) in [6, 6.07) is 11.9. The van der Waals surface area contributed by atoms with Crippen molar-refractivity contribution in [3.05, 3.63) is 83.6 Å². The van der Waals surface area contributed by atoms with E-state index < -0.39 is 26.4 Å². The predicted molar refractivity (Wildman–Crippen MR) is 113 cm³/mol. The van der Waals surface area contributed by atoms with Gasteiger partial charge in [0, 0.05) is 17.6 Å². The highest BCUT2D eigenvalue weighted by atomic mass is 32.2. The largest absolute Gasteiger partial charge is 0.457 e. The number of hydrogen-bond donors (Lipinski definition) is 0. The van der Waals surface area contributed by atoms with Crippen LogP contribution in [0.25, 0.3) is 10.9 Å². The van der Waals surface area contributed by atoms with E-state index in [9.17, 15) is 17.2 Å². The summed E-state index contributed by atoms with van der Waals surface area (Å²) in [5.74, 6) is -0.686. The normalized spacial score (nSPS) is 18.9. The van der Waals surface area contributed by atoms with E-state index in [1.807, 2.05) is 0 Å². The lowest BCUT2D eigenvalue weighted by Gasteiger charge is -2.30. The van der Waals surface area contributed by atoms with Gasteiger partial charge in [-0.2, -0.15) is 5.26 Å². The van der Waals surface area contributed by atoms with Crippen LogP contribution in [0.3, 0.4) is 0 Å². The minimum Gasteiger partial charge on any atom is -0.457 e. The predicted octanol–water partition coefficient (Wildman–Crippen LogP) is 5.58. The molecule has 1 atom stereocenters. The summed E-state index contributed by atoms with van der Waals surface area (Å²) >= 11 is 0. The maximum absolute atomic E-state index is 14.7. The van der Waals surface area contributed by atoms with Gasteiger partial charge in [-0.15, -0.1) is 0 Å². The van der Waals surface area contributed by atoms with Crippen molar-refractivity contribution in [2.75, 3.05) is 0 Å². The van der Waals surface area contributed by atoms with Crippen molar-refractivity contribution < 1.29 is 21.9 Å². The van der Waals surface area contributed by atoms with Crippen molar-refractivity contribution in [2.45, 2.75) is 25.0 Å². The zero-order valence-electron chi connectivity index (χ0n) is 16.8. The SMILES string of the molecule is CC1=CCC(C)(S(=O)(=O)n2ccc3cc(Oc4ccc(F)c(C#N)c4)ccc32)C(F)=C1. The van der Waals surface area contributed by atoms with Crippen LogP contribution in [0.1, 0.15) is 25.8 Å². The van der Waals surface area contributed by atoms with Gasteiger partial charge >= 0.3 is 0 Å². The molecule has 0 amide bonds. The van der Waals surface area contributed by atoms with E-state index in [0.29, 0.717) is 22.2 Å². The van der Waals surface area contributed by atoms with Crippen LogP contribution in [0.15, 0.2) is 72.2 Å². The fourth-order valence-electron chi connectivity index (χ4n) is 3.47. The number of fused-ring (bicyclic) bond motifs is 1. The fraction of sp³-hybridized carbons (Fsp3) is 0.174. The van der Waals surface area contributed by atoms with Gasteiger partial charge in [0.25, 0.3) is 10.0 Å². The highest BCUT2D eigenvalue weighted by molar-refractivity contribution is 7.91. The van der Waals surface area contributed by atoms with Gasteiger partial charge in [0.2, 0.25) is 0 Å². The molecule has 4 rings (SSSR count). The minimum atomic E-state index is -4.09. The van der Waals surface area contributed by atoms with Crippen molar-refractivity contribution >= 4 is 20.9 Å². The number of allylic oxidation sites excluding steroid dienone is 3. The molecule has 1 aromatic heterocycles. The van der Waals surface area contributed by atoms with Gasteiger partial charge in [-0.3, -0.25) is 0 Å². The molecule has 0 fully saturated rings. The molecule has 1 aliphatic carbocycles. The first-order valence-electron chi connectivity index (χ1n) is 9.44. The molecule has 0 bridgehead atoms. The zero-order valence-corrected chi connectivity index (χ0v) is 17.6. The maximum Gasteiger partial charge on any atom is 0.251 e. The van der Waals surface area contributed by atoms with Gasteiger partial charge in [-0.1, -0.05) is 11.6 Å². The monoisotopic (exact) mass is 440 g/mol. The van der Waals surface area contributed by atoms with E-state index in [2.05, 4.69) is 0 Å². The van der Waals surface area contributed by atoms with Crippen molar-refractivity contribution in [2.24, 2.45) is 0 Å². The van der Waals surface area contributed by atoms with E-state index >= 15 is 0 Å². The van der Waals surface area contributed by atoms with Gasteiger partial charge in [0.05, 0.1) is 11.1 Å². The Morgan fingerprint density at radius 2 is 1.84 bits per heavy atom. The Hall–Kier alpha value is -3.44. The zero-order chi connectivity index (χ0) is 22.4. The summed E-state index contributed by atoms with van der Waals surface area (Å²) in [5.41, 5.74) is 0.921. The van der Waals surface area contributed by atoms with Crippen molar-refractivity contribution in [1.82, 2.24) is 3.97 Å². The molecule has 1 unspecified atom stereocenters. The van der Waals surface area contributed by atoms with E-state index in [1.54, 1.807) is 43.3 Å². The summed E-state index contributed by atoms with van der Waals surface area (Å²) in [6.07, 6.45) is 4.38. The smallest absolute Gasteiger partial charge is 0.251 e. The molecule has 0 spiro atoms. The molecule has 31 heavy (non-hydrogen) atoms. The maximum atomic E-state index is 14.7. The first kappa shape index (κ1) is 20.8. The van der Waals surface area contributed by atoms with Crippen molar-refractivity contribution in [1.29, 1.82) is 5.26 Å². The molecule has 1 heterocycles. The van der Waals surface area contributed by atoms with Crippen LogP contribution in [0, 0.1) is 17.1 Å². The lowest BCUT2D eigenvalue weighted by molar-refractivity contribution is 0.475. The van der Waals surface area contributed by atoms with E-state index in [-0.39, 0.29) is 17.7 Å². The number of halogens is 2. The lowest BCUT2D eigenvalue weighted by Crippen LogP contribution is -2.40. The Kier molecular flexibility index (Phi) is 4.94. The molecule has 5 nitrogen and oxygen atoms in total. The average molecular weight is 440 g/mol. The van der Waals surface area contributed by atoms with Crippen molar-refractivity contribution in [3.8, 4) is 17.6 Å². The van der Waals surface area contributed by atoms with Crippen LogP contribution in [0.2, 0.25) is 0 Å². The highest BCUT2D eigenvalue weighted by Crippen LogP contribution is 2.39. The topological polar surface area (TPSA) is 72.1 Å². The van der Waals surface area contributed by atoms with Crippen LogP contribution < -0.4 is 4.74 Å². The number of nitriles is 1.